The molecule has 0 saturated carbocycles. The van der Waals surface area contributed by atoms with Crippen LogP contribution in [0.2, 0.25) is 0 Å². The van der Waals surface area contributed by atoms with Gasteiger partial charge in [0.2, 0.25) is 5.91 Å². The Bertz CT molecular complexity index is 502. The summed E-state index contributed by atoms with van der Waals surface area (Å²) in [5.41, 5.74) is 0.322. The topological polar surface area (TPSA) is 75.9 Å². The van der Waals surface area contributed by atoms with Crippen LogP contribution >= 0.6 is 0 Å². The summed E-state index contributed by atoms with van der Waals surface area (Å²) in [5, 5.41) is 0. The largest absolute Gasteiger partial charge is 0.451 e. The first-order valence-electron chi connectivity index (χ1n) is 6.68. The van der Waals surface area contributed by atoms with Gasteiger partial charge in [-0.3, -0.25) is 9.59 Å². The third-order valence-electron chi connectivity index (χ3n) is 3.96. The summed E-state index contributed by atoms with van der Waals surface area (Å²) in [4.78, 5) is 31.2. The smallest absolute Gasteiger partial charge is 0.275 e. The Morgan fingerprint density at radius 1 is 1.45 bits per heavy atom. The zero-order valence-electron chi connectivity index (χ0n) is 11.3. The van der Waals surface area contributed by atoms with Crippen LogP contribution < -0.4 is 0 Å². The molecule has 1 aromatic rings. The maximum Gasteiger partial charge on any atom is 0.275 e. The summed E-state index contributed by atoms with van der Waals surface area (Å²) < 4.78 is 10.5. The normalized spacial score (nSPS) is 27.1. The van der Waals surface area contributed by atoms with E-state index in [0.717, 1.165) is 6.42 Å². The zero-order valence-corrected chi connectivity index (χ0v) is 11.3. The van der Waals surface area contributed by atoms with Crippen molar-refractivity contribution in [3.05, 3.63) is 18.4 Å². The molecule has 0 bridgehead atoms. The molecule has 2 saturated heterocycles. The molecule has 0 aromatic carbocycles. The Labute approximate surface area is 116 Å². The summed E-state index contributed by atoms with van der Waals surface area (Å²) in [7, 11) is 1.77. The number of aromatic nitrogens is 1. The molecule has 7 nitrogen and oxygen atoms in total. The van der Waals surface area contributed by atoms with Crippen molar-refractivity contribution in [2.24, 2.45) is 5.92 Å². The van der Waals surface area contributed by atoms with Crippen LogP contribution in [0.25, 0.3) is 0 Å². The second kappa shape index (κ2) is 5.24. The van der Waals surface area contributed by atoms with Gasteiger partial charge in [-0.2, -0.15) is 0 Å². The van der Waals surface area contributed by atoms with Gasteiger partial charge in [0.1, 0.15) is 12.9 Å². The lowest BCUT2D eigenvalue weighted by Crippen LogP contribution is -2.48. The van der Waals surface area contributed by atoms with Crippen molar-refractivity contribution < 1.29 is 18.7 Å². The third-order valence-corrected chi connectivity index (χ3v) is 3.96. The number of carbonyl (C=O) groups excluding carboxylic acids is 2. The van der Waals surface area contributed by atoms with Gasteiger partial charge in [0.15, 0.2) is 12.1 Å². The summed E-state index contributed by atoms with van der Waals surface area (Å²) in [6.45, 7) is 1.94. The maximum absolute atomic E-state index is 12.2. The quantitative estimate of drug-likeness (QED) is 0.723. The minimum Gasteiger partial charge on any atom is -0.451 e. The van der Waals surface area contributed by atoms with E-state index in [1.165, 1.54) is 12.7 Å². The fraction of sp³-hybridized carbons (Fsp3) is 0.615. The fourth-order valence-corrected chi connectivity index (χ4v) is 2.81. The molecule has 3 rings (SSSR count). The van der Waals surface area contributed by atoms with Crippen LogP contribution in [0.4, 0.5) is 0 Å². The van der Waals surface area contributed by atoms with E-state index in [2.05, 4.69) is 4.98 Å². The van der Waals surface area contributed by atoms with Crippen LogP contribution in [0, 0.1) is 5.92 Å². The minimum absolute atomic E-state index is 0.00576. The molecule has 7 heteroatoms. The molecule has 0 unspecified atom stereocenters. The summed E-state index contributed by atoms with van der Waals surface area (Å²) >= 11 is 0. The van der Waals surface area contributed by atoms with Crippen LogP contribution in [0.5, 0.6) is 0 Å². The van der Waals surface area contributed by atoms with E-state index in [0.29, 0.717) is 25.3 Å². The zero-order chi connectivity index (χ0) is 14.1. The lowest BCUT2D eigenvalue weighted by Gasteiger charge is -2.37. The van der Waals surface area contributed by atoms with Crippen molar-refractivity contribution in [2.45, 2.75) is 12.5 Å². The van der Waals surface area contributed by atoms with Crippen molar-refractivity contribution in [1.82, 2.24) is 14.8 Å². The van der Waals surface area contributed by atoms with Crippen molar-refractivity contribution >= 4 is 11.8 Å². The summed E-state index contributed by atoms with van der Waals surface area (Å²) in [6, 6.07) is 0. The molecule has 0 N–H and O–H groups in total. The highest BCUT2D eigenvalue weighted by atomic mass is 16.5. The lowest BCUT2D eigenvalue weighted by molar-refractivity contribution is -0.133. The first-order chi connectivity index (χ1) is 9.65. The Balaban J connectivity index is 1.70. The van der Waals surface area contributed by atoms with Crippen molar-refractivity contribution in [3.63, 3.8) is 0 Å². The predicted molar refractivity (Wildman–Crippen MR) is 67.9 cm³/mol. The number of rotatable bonds is 1. The SMILES string of the molecule is CN1C[C@H]2CN(C(=O)c3cocn3)CC[C@@H]2OCC1=O. The molecule has 2 aliphatic heterocycles. The number of likely N-dealkylation sites (N-methyl/N-ethyl adjacent to an activating group) is 1. The van der Waals surface area contributed by atoms with Crippen molar-refractivity contribution in [1.29, 1.82) is 0 Å². The Morgan fingerprint density at radius 2 is 2.30 bits per heavy atom. The highest BCUT2D eigenvalue weighted by Gasteiger charge is 2.36. The number of likely N-dealkylation sites (tertiary alicyclic amines) is 1. The van der Waals surface area contributed by atoms with E-state index >= 15 is 0 Å². The van der Waals surface area contributed by atoms with Gasteiger partial charge < -0.3 is 19.0 Å². The van der Waals surface area contributed by atoms with E-state index in [9.17, 15) is 9.59 Å². The number of hydrogen-bond acceptors (Lipinski definition) is 5. The highest BCUT2D eigenvalue weighted by Crippen LogP contribution is 2.24. The van der Waals surface area contributed by atoms with Crippen LogP contribution in [-0.4, -0.2) is 66.0 Å². The molecule has 2 fully saturated rings. The maximum atomic E-state index is 12.2. The molecule has 108 valence electrons. The summed E-state index contributed by atoms with van der Waals surface area (Å²) in [5.74, 6) is 0.0141. The van der Waals surface area contributed by atoms with Gasteiger partial charge in [-0.05, 0) is 6.42 Å². The van der Waals surface area contributed by atoms with Gasteiger partial charge in [0.25, 0.3) is 5.91 Å². The van der Waals surface area contributed by atoms with Crippen molar-refractivity contribution in [2.75, 3.05) is 33.3 Å². The molecule has 2 aliphatic rings. The number of amides is 2. The van der Waals surface area contributed by atoms with E-state index in [-0.39, 0.29) is 30.4 Å². The monoisotopic (exact) mass is 279 g/mol. The first kappa shape index (κ1) is 13.1. The predicted octanol–water partition coefficient (Wildman–Crippen LogP) is -0.00610. The van der Waals surface area contributed by atoms with Crippen LogP contribution in [0.15, 0.2) is 17.1 Å². The molecule has 2 amide bonds. The van der Waals surface area contributed by atoms with Gasteiger partial charge in [-0.15, -0.1) is 0 Å². The molecule has 20 heavy (non-hydrogen) atoms. The number of nitrogens with zero attached hydrogens (tertiary/aromatic N) is 3. The summed E-state index contributed by atoms with van der Waals surface area (Å²) in [6.07, 6.45) is 3.40. The van der Waals surface area contributed by atoms with Gasteiger partial charge in [-0.25, -0.2) is 4.98 Å². The lowest BCUT2D eigenvalue weighted by atomic mass is 9.94. The average Bonchev–Trinajstić information content (AvgIpc) is 2.94. The molecule has 0 spiro atoms. The number of fused-ring (bicyclic) bond motifs is 1. The first-order valence-corrected chi connectivity index (χ1v) is 6.68. The minimum atomic E-state index is -0.129. The van der Waals surface area contributed by atoms with Crippen LogP contribution in [0.1, 0.15) is 16.9 Å². The molecule has 0 radical (unpaired) electrons. The highest BCUT2D eigenvalue weighted by molar-refractivity contribution is 5.92. The van der Waals surface area contributed by atoms with E-state index < -0.39 is 0 Å². The van der Waals surface area contributed by atoms with E-state index in [1.54, 1.807) is 16.8 Å². The molecule has 2 atom stereocenters. The Hall–Kier alpha value is -1.89. The van der Waals surface area contributed by atoms with Crippen LogP contribution in [0.3, 0.4) is 0 Å². The average molecular weight is 279 g/mol. The van der Waals surface area contributed by atoms with Crippen molar-refractivity contribution in [3.8, 4) is 0 Å². The second-order valence-corrected chi connectivity index (χ2v) is 5.30. The Kier molecular flexibility index (Phi) is 3.43. The Morgan fingerprint density at radius 3 is 3.05 bits per heavy atom. The number of hydrogen-bond donors (Lipinski definition) is 0. The van der Waals surface area contributed by atoms with Gasteiger partial charge in [-0.1, -0.05) is 0 Å². The molecule has 0 aliphatic carbocycles. The van der Waals surface area contributed by atoms with Gasteiger partial charge in [0.05, 0.1) is 6.10 Å². The number of ether oxygens (including phenoxy) is 1. The van der Waals surface area contributed by atoms with Gasteiger partial charge >= 0.3 is 0 Å². The molecular formula is C13H17N3O4. The number of piperidine rings is 1. The van der Waals surface area contributed by atoms with Crippen LogP contribution in [-0.2, 0) is 9.53 Å². The number of carbonyl (C=O) groups is 2. The molecule has 3 heterocycles. The molecular weight excluding hydrogens is 262 g/mol. The standard InChI is InChI=1S/C13H17N3O4/c1-15-4-9-5-16(13(18)10-6-19-8-14-10)3-2-11(9)20-7-12(15)17/h6,8-9,11H,2-5,7H2,1H3/t9-,11-/m0/s1. The fourth-order valence-electron chi connectivity index (χ4n) is 2.81. The van der Waals surface area contributed by atoms with E-state index in [1.807, 2.05) is 0 Å². The molecule has 1 aromatic heterocycles. The van der Waals surface area contributed by atoms with E-state index in [4.69, 9.17) is 9.15 Å². The third kappa shape index (κ3) is 2.40. The second-order valence-electron chi connectivity index (χ2n) is 5.30. The number of oxazole rings is 1. The van der Waals surface area contributed by atoms with Gasteiger partial charge in [0, 0.05) is 32.6 Å².